The number of morpholine rings is 1. The molecule has 1 heterocycles. The number of carbonyl (C=O) groups is 1. The minimum atomic E-state index is 0.0615. The fraction of sp³-hybridized carbons (Fsp3) is 0.286. The molecule has 1 aliphatic heterocycles. The van der Waals surface area contributed by atoms with Gasteiger partial charge in [-0.15, -0.1) is 0 Å². The predicted molar refractivity (Wildman–Crippen MR) is 97.3 cm³/mol. The van der Waals surface area contributed by atoms with E-state index >= 15 is 0 Å². The van der Waals surface area contributed by atoms with E-state index in [-0.39, 0.29) is 18.1 Å². The summed E-state index contributed by atoms with van der Waals surface area (Å²) in [4.78, 5) is 15.1. The lowest BCUT2D eigenvalue weighted by Gasteiger charge is -2.35. The van der Waals surface area contributed by atoms with Crippen LogP contribution in [0.25, 0.3) is 11.6 Å². The van der Waals surface area contributed by atoms with Crippen molar-refractivity contribution in [3.63, 3.8) is 0 Å². The van der Waals surface area contributed by atoms with Crippen molar-refractivity contribution in [2.24, 2.45) is 0 Å². The van der Waals surface area contributed by atoms with Crippen molar-refractivity contribution < 1.29 is 9.53 Å². The van der Waals surface area contributed by atoms with Crippen LogP contribution in [0.3, 0.4) is 0 Å². The van der Waals surface area contributed by atoms with E-state index in [1.165, 1.54) is 0 Å². The minimum Gasteiger partial charge on any atom is -0.372 e. The SMILES string of the molecule is CC1CN(C(=O)/C(=C/c2ccccc2)c2ccccc2)CC(C)O1. The zero-order valence-electron chi connectivity index (χ0n) is 14.2. The van der Waals surface area contributed by atoms with Crippen LogP contribution in [0.1, 0.15) is 25.0 Å². The Labute approximate surface area is 143 Å². The van der Waals surface area contributed by atoms with Gasteiger partial charge in [-0.1, -0.05) is 60.7 Å². The van der Waals surface area contributed by atoms with Crippen molar-refractivity contribution in [3.8, 4) is 0 Å². The summed E-state index contributed by atoms with van der Waals surface area (Å²) < 4.78 is 5.76. The van der Waals surface area contributed by atoms with Crippen LogP contribution in [0, 0.1) is 0 Å². The van der Waals surface area contributed by atoms with Crippen LogP contribution in [0.2, 0.25) is 0 Å². The molecular formula is C21H23NO2. The smallest absolute Gasteiger partial charge is 0.254 e. The maximum absolute atomic E-state index is 13.2. The molecule has 2 atom stereocenters. The van der Waals surface area contributed by atoms with Gasteiger partial charge in [-0.25, -0.2) is 0 Å². The molecule has 3 rings (SSSR count). The molecule has 3 heteroatoms. The molecular weight excluding hydrogens is 298 g/mol. The van der Waals surface area contributed by atoms with Gasteiger partial charge in [0.25, 0.3) is 5.91 Å². The molecule has 0 N–H and O–H groups in total. The third-order valence-electron chi connectivity index (χ3n) is 4.13. The molecule has 1 amide bonds. The lowest BCUT2D eigenvalue weighted by molar-refractivity contribution is -0.136. The Bertz CT molecular complexity index is 699. The standard InChI is InChI=1S/C21H23NO2/c1-16-14-22(15-17(2)24-16)21(23)20(19-11-7-4-8-12-19)13-18-9-5-3-6-10-18/h3-13,16-17H,14-15H2,1-2H3/b20-13+. The van der Waals surface area contributed by atoms with Crippen LogP contribution in [0.5, 0.6) is 0 Å². The van der Waals surface area contributed by atoms with E-state index in [2.05, 4.69) is 0 Å². The lowest BCUT2D eigenvalue weighted by atomic mass is 10.0. The zero-order chi connectivity index (χ0) is 16.9. The van der Waals surface area contributed by atoms with E-state index < -0.39 is 0 Å². The Balaban J connectivity index is 1.96. The van der Waals surface area contributed by atoms with Gasteiger partial charge in [0.15, 0.2) is 0 Å². The molecule has 2 aromatic rings. The second kappa shape index (κ2) is 7.45. The second-order valence-electron chi connectivity index (χ2n) is 6.30. The van der Waals surface area contributed by atoms with E-state index in [0.29, 0.717) is 13.1 Å². The first-order chi connectivity index (χ1) is 11.6. The Kier molecular flexibility index (Phi) is 5.11. The van der Waals surface area contributed by atoms with E-state index in [9.17, 15) is 4.79 Å². The number of nitrogens with zero attached hydrogens (tertiary/aromatic N) is 1. The van der Waals surface area contributed by atoms with Gasteiger partial charge in [0.1, 0.15) is 0 Å². The number of hydrogen-bond donors (Lipinski definition) is 0. The number of rotatable bonds is 3. The van der Waals surface area contributed by atoms with Crippen LogP contribution in [0.15, 0.2) is 60.7 Å². The Morgan fingerprint density at radius 1 is 0.958 bits per heavy atom. The number of carbonyl (C=O) groups excluding carboxylic acids is 1. The largest absolute Gasteiger partial charge is 0.372 e. The van der Waals surface area contributed by atoms with Gasteiger partial charge in [-0.3, -0.25) is 4.79 Å². The van der Waals surface area contributed by atoms with E-state index in [0.717, 1.165) is 16.7 Å². The average Bonchev–Trinajstić information content (AvgIpc) is 2.60. The van der Waals surface area contributed by atoms with Crippen LogP contribution in [0.4, 0.5) is 0 Å². The summed E-state index contributed by atoms with van der Waals surface area (Å²) in [6.45, 7) is 5.28. The summed E-state index contributed by atoms with van der Waals surface area (Å²) in [7, 11) is 0. The van der Waals surface area contributed by atoms with Crippen molar-refractivity contribution in [2.45, 2.75) is 26.1 Å². The number of benzene rings is 2. The first-order valence-electron chi connectivity index (χ1n) is 8.40. The average molecular weight is 321 g/mol. The molecule has 2 unspecified atom stereocenters. The molecule has 1 fully saturated rings. The van der Waals surface area contributed by atoms with Crippen molar-refractivity contribution in [3.05, 3.63) is 71.8 Å². The number of ether oxygens (including phenoxy) is 1. The van der Waals surface area contributed by atoms with Crippen LogP contribution in [-0.4, -0.2) is 36.1 Å². The monoisotopic (exact) mass is 321 g/mol. The highest BCUT2D eigenvalue weighted by molar-refractivity contribution is 6.24. The molecule has 0 aliphatic carbocycles. The molecule has 0 saturated carbocycles. The highest BCUT2D eigenvalue weighted by atomic mass is 16.5. The van der Waals surface area contributed by atoms with Crippen LogP contribution >= 0.6 is 0 Å². The molecule has 3 nitrogen and oxygen atoms in total. The zero-order valence-corrected chi connectivity index (χ0v) is 14.2. The third-order valence-corrected chi connectivity index (χ3v) is 4.13. The van der Waals surface area contributed by atoms with Gasteiger partial charge in [0, 0.05) is 18.7 Å². The Morgan fingerprint density at radius 2 is 1.50 bits per heavy atom. The maximum atomic E-state index is 13.2. The van der Waals surface area contributed by atoms with E-state index in [1.54, 1.807) is 0 Å². The minimum absolute atomic E-state index is 0.0615. The predicted octanol–water partition coefficient (Wildman–Crippen LogP) is 3.86. The van der Waals surface area contributed by atoms with Crippen molar-refractivity contribution in [1.82, 2.24) is 4.90 Å². The Morgan fingerprint density at radius 3 is 2.08 bits per heavy atom. The topological polar surface area (TPSA) is 29.5 Å². The molecule has 0 spiro atoms. The molecule has 0 bridgehead atoms. The first kappa shape index (κ1) is 16.5. The molecule has 124 valence electrons. The van der Waals surface area contributed by atoms with Gasteiger partial charge in [0.2, 0.25) is 0 Å². The highest BCUT2D eigenvalue weighted by Crippen LogP contribution is 2.23. The van der Waals surface area contributed by atoms with Gasteiger partial charge in [-0.05, 0) is 31.1 Å². The summed E-state index contributed by atoms with van der Waals surface area (Å²) in [5.41, 5.74) is 2.69. The first-order valence-corrected chi connectivity index (χ1v) is 8.40. The normalized spacial score (nSPS) is 21.6. The molecule has 0 radical (unpaired) electrons. The maximum Gasteiger partial charge on any atom is 0.254 e. The van der Waals surface area contributed by atoms with Crippen molar-refractivity contribution >= 4 is 17.6 Å². The summed E-state index contributed by atoms with van der Waals surface area (Å²) in [5, 5.41) is 0. The molecule has 2 aromatic carbocycles. The van der Waals surface area contributed by atoms with Crippen molar-refractivity contribution in [2.75, 3.05) is 13.1 Å². The number of hydrogen-bond acceptors (Lipinski definition) is 2. The molecule has 0 aromatic heterocycles. The van der Waals surface area contributed by atoms with Crippen molar-refractivity contribution in [1.29, 1.82) is 0 Å². The summed E-state index contributed by atoms with van der Waals surface area (Å²) in [6.07, 6.45) is 2.10. The Hall–Kier alpha value is -2.39. The van der Waals surface area contributed by atoms with E-state index in [4.69, 9.17) is 4.74 Å². The summed E-state index contributed by atoms with van der Waals surface area (Å²) in [5.74, 6) is 0.0621. The molecule has 1 aliphatic rings. The van der Waals surface area contributed by atoms with Crippen LogP contribution in [-0.2, 0) is 9.53 Å². The van der Waals surface area contributed by atoms with Gasteiger partial charge in [0.05, 0.1) is 12.2 Å². The number of amides is 1. The molecule has 1 saturated heterocycles. The van der Waals surface area contributed by atoms with Gasteiger partial charge in [-0.2, -0.15) is 0 Å². The fourth-order valence-electron chi connectivity index (χ4n) is 3.12. The summed E-state index contributed by atoms with van der Waals surface area (Å²) in [6, 6.07) is 19.8. The lowest BCUT2D eigenvalue weighted by Crippen LogP contribution is -2.48. The van der Waals surface area contributed by atoms with Gasteiger partial charge >= 0.3 is 0 Å². The fourth-order valence-corrected chi connectivity index (χ4v) is 3.12. The molecule has 24 heavy (non-hydrogen) atoms. The van der Waals surface area contributed by atoms with Gasteiger partial charge < -0.3 is 9.64 Å². The second-order valence-corrected chi connectivity index (χ2v) is 6.30. The van der Waals surface area contributed by atoms with E-state index in [1.807, 2.05) is 85.5 Å². The highest BCUT2D eigenvalue weighted by Gasteiger charge is 2.28. The summed E-state index contributed by atoms with van der Waals surface area (Å²) >= 11 is 0. The quantitative estimate of drug-likeness (QED) is 0.634. The van der Waals surface area contributed by atoms with Crippen LogP contribution < -0.4 is 0 Å². The third kappa shape index (κ3) is 3.92.